The first-order valence-corrected chi connectivity index (χ1v) is 2.66. The summed E-state index contributed by atoms with van der Waals surface area (Å²) >= 11 is 0. The molecule has 0 aromatic carbocycles. The van der Waals surface area contributed by atoms with Gasteiger partial charge in [-0.3, -0.25) is 5.73 Å². The molecule has 5 N–H and O–H groups in total. The van der Waals surface area contributed by atoms with E-state index in [-0.39, 0.29) is 5.96 Å². The average Bonchev–Trinajstić information content (AvgIpc) is 1.88. The van der Waals surface area contributed by atoms with Gasteiger partial charge in [0.2, 0.25) is 0 Å². The van der Waals surface area contributed by atoms with Crippen LogP contribution in [0.1, 0.15) is 0 Å². The number of hydrogen-bond donors (Lipinski definition) is 3. The van der Waals surface area contributed by atoms with E-state index in [4.69, 9.17) is 16.2 Å². The van der Waals surface area contributed by atoms with E-state index in [0.29, 0.717) is 0 Å². The Balaban J connectivity index is 2.78. The number of rotatable bonds is 1. The van der Waals surface area contributed by atoms with Crippen LogP contribution in [0, 0.1) is 0 Å². The fraction of sp³-hybridized carbons (Fsp3) is 0.500. The minimum absolute atomic E-state index is 0.194. The van der Waals surface area contributed by atoms with Gasteiger partial charge in [-0.15, -0.1) is 0 Å². The van der Waals surface area contributed by atoms with Gasteiger partial charge in [-0.25, -0.2) is 4.99 Å². The molecule has 56 valence electrons. The highest BCUT2D eigenvalue weighted by molar-refractivity contribution is 5.90. The van der Waals surface area contributed by atoms with E-state index in [1.807, 2.05) is 0 Å². The maximum absolute atomic E-state index is 5.42. The van der Waals surface area contributed by atoms with Crippen molar-refractivity contribution in [1.82, 2.24) is 5.32 Å². The number of ether oxygens (including phenoxy) is 1. The quantitative estimate of drug-likeness (QED) is 0.375. The highest BCUT2D eigenvalue weighted by Crippen LogP contribution is 2.05. The third-order valence-electron chi connectivity index (χ3n) is 1.04. The Hall–Kier alpha value is -1.14. The summed E-state index contributed by atoms with van der Waals surface area (Å²) in [5, 5.41) is 2.55. The molecule has 0 aliphatic carbocycles. The van der Waals surface area contributed by atoms with Crippen molar-refractivity contribution in [2.45, 2.75) is 5.97 Å². The molecule has 0 radical (unpaired) electrons. The third kappa shape index (κ3) is 1.23. The van der Waals surface area contributed by atoms with Crippen LogP contribution in [0.15, 0.2) is 9.98 Å². The summed E-state index contributed by atoms with van der Waals surface area (Å²) in [5.74, 6) is -1.14. The number of hydrogen-bond acceptors (Lipinski definition) is 6. The Morgan fingerprint density at radius 1 is 1.80 bits per heavy atom. The highest BCUT2D eigenvalue weighted by atomic mass is 16.5. The Bertz CT molecular complexity index is 188. The van der Waals surface area contributed by atoms with E-state index in [2.05, 4.69) is 15.3 Å². The van der Waals surface area contributed by atoms with Crippen LogP contribution in [0.3, 0.4) is 0 Å². The Labute approximate surface area is 58.0 Å². The van der Waals surface area contributed by atoms with Crippen LogP contribution >= 0.6 is 0 Å². The second-order valence-electron chi connectivity index (χ2n) is 1.76. The van der Waals surface area contributed by atoms with E-state index < -0.39 is 5.97 Å². The normalized spacial score (nSPS) is 31.2. The van der Waals surface area contributed by atoms with Crippen LogP contribution in [-0.2, 0) is 4.74 Å². The SMILES string of the molecule is COC1(N)N=CNC(N)=N1. The number of nitrogens with zero attached hydrogens (tertiary/aromatic N) is 2. The first kappa shape index (κ1) is 6.97. The average molecular weight is 143 g/mol. The molecule has 1 aliphatic heterocycles. The smallest absolute Gasteiger partial charge is 0.322 e. The van der Waals surface area contributed by atoms with E-state index in [1.165, 1.54) is 13.4 Å². The standard InChI is InChI=1S/C4H9N5O/c1-10-4(6)8-2-7-3(5)9-4/h2H,6H2,1H3,(H3,5,7,8,9). The van der Waals surface area contributed by atoms with Crippen molar-refractivity contribution in [2.24, 2.45) is 21.5 Å². The van der Waals surface area contributed by atoms with Gasteiger partial charge in [-0.05, 0) is 0 Å². The minimum Gasteiger partial charge on any atom is -0.369 e. The highest BCUT2D eigenvalue weighted by Gasteiger charge is 2.23. The van der Waals surface area contributed by atoms with Crippen molar-refractivity contribution in [3.8, 4) is 0 Å². The number of methoxy groups -OCH3 is 1. The predicted molar refractivity (Wildman–Crippen MR) is 37.2 cm³/mol. The molecule has 0 spiro atoms. The van der Waals surface area contributed by atoms with Gasteiger partial charge in [0.1, 0.15) is 0 Å². The lowest BCUT2D eigenvalue weighted by Crippen LogP contribution is -2.47. The summed E-state index contributed by atoms with van der Waals surface area (Å²) < 4.78 is 4.72. The van der Waals surface area contributed by atoms with Gasteiger partial charge >= 0.3 is 5.97 Å². The van der Waals surface area contributed by atoms with Crippen molar-refractivity contribution in [2.75, 3.05) is 7.11 Å². The van der Waals surface area contributed by atoms with Crippen LogP contribution in [-0.4, -0.2) is 25.4 Å². The summed E-state index contributed by atoms with van der Waals surface area (Å²) in [6.45, 7) is 0. The minimum atomic E-state index is -1.34. The zero-order valence-electron chi connectivity index (χ0n) is 5.53. The van der Waals surface area contributed by atoms with Crippen LogP contribution in [0.25, 0.3) is 0 Å². The monoisotopic (exact) mass is 143 g/mol. The van der Waals surface area contributed by atoms with Crippen LogP contribution in [0.5, 0.6) is 0 Å². The van der Waals surface area contributed by atoms with Gasteiger partial charge in [0.15, 0.2) is 5.96 Å². The van der Waals surface area contributed by atoms with Crippen molar-refractivity contribution in [1.29, 1.82) is 0 Å². The molecule has 0 aromatic heterocycles. The molecule has 0 bridgehead atoms. The van der Waals surface area contributed by atoms with Gasteiger partial charge in [-0.2, -0.15) is 4.99 Å². The first-order valence-electron chi connectivity index (χ1n) is 2.66. The van der Waals surface area contributed by atoms with Gasteiger partial charge in [0, 0.05) is 7.11 Å². The lowest BCUT2D eigenvalue weighted by molar-refractivity contribution is 0.00993. The van der Waals surface area contributed by atoms with Crippen molar-refractivity contribution in [3.05, 3.63) is 0 Å². The second-order valence-corrected chi connectivity index (χ2v) is 1.76. The Morgan fingerprint density at radius 3 is 2.90 bits per heavy atom. The molecule has 1 atom stereocenters. The fourth-order valence-corrected chi connectivity index (χ4v) is 0.523. The summed E-state index contributed by atoms with van der Waals surface area (Å²) in [6.07, 6.45) is 1.34. The maximum Gasteiger partial charge on any atom is 0.322 e. The fourth-order valence-electron chi connectivity index (χ4n) is 0.523. The topological polar surface area (TPSA) is 98.0 Å². The van der Waals surface area contributed by atoms with Gasteiger partial charge in [0.05, 0.1) is 6.34 Å². The molecule has 0 amide bonds. The van der Waals surface area contributed by atoms with Crippen molar-refractivity contribution < 1.29 is 4.74 Å². The molecule has 6 heteroatoms. The summed E-state index contributed by atoms with van der Waals surface area (Å²) in [5.41, 5.74) is 10.7. The molecule has 1 unspecified atom stereocenters. The third-order valence-corrected chi connectivity index (χ3v) is 1.04. The zero-order valence-corrected chi connectivity index (χ0v) is 5.53. The molecular formula is C4H9N5O. The maximum atomic E-state index is 5.42. The number of nitrogens with two attached hydrogens (primary N) is 2. The first-order chi connectivity index (χ1) is 4.66. The Morgan fingerprint density at radius 2 is 2.50 bits per heavy atom. The summed E-state index contributed by atoms with van der Waals surface area (Å²) in [4.78, 5) is 7.36. The molecule has 1 heterocycles. The molecule has 0 saturated carbocycles. The molecule has 0 saturated heterocycles. The van der Waals surface area contributed by atoms with Gasteiger partial charge in [0.25, 0.3) is 0 Å². The molecule has 0 fully saturated rings. The van der Waals surface area contributed by atoms with E-state index in [9.17, 15) is 0 Å². The van der Waals surface area contributed by atoms with E-state index in [0.717, 1.165) is 0 Å². The molecule has 1 aliphatic rings. The zero-order chi connectivity index (χ0) is 7.61. The number of nitrogens with one attached hydrogen (secondary N) is 1. The largest absolute Gasteiger partial charge is 0.369 e. The molecule has 1 rings (SSSR count). The number of aliphatic imine (C=N–C) groups is 2. The second kappa shape index (κ2) is 2.24. The molecule has 10 heavy (non-hydrogen) atoms. The van der Waals surface area contributed by atoms with Gasteiger partial charge < -0.3 is 15.8 Å². The molecular weight excluding hydrogens is 134 g/mol. The lowest BCUT2D eigenvalue weighted by Gasteiger charge is -2.21. The van der Waals surface area contributed by atoms with Crippen LogP contribution < -0.4 is 16.8 Å². The van der Waals surface area contributed by atoms with Gasteiger partial charge in [-0.1, -0.05) is 0 Å². The molecule has 0 aromatic rings. The Kier molecular flexibility index (Phi) is 1.56. The number of guanidine groups is 1. The van der Waals surface area contributed by atoms with Crippen molar-refractivity contribution >= 4 is 12.3 Å². The summed E-state index contributed by atoms with van der Waals surface area (Å²) in [6, 6.07) is 0. The van der Waals surface area contributed by atoms with Crippen molar-refractivity contribution in [3.63, 3.8) is 0 Å². The molecule has 6 nitrogen and oxygen atoms in total. The summed E-state index contributed by atoms with van der Waals surface area (Å²) in [7, 11) is 1.40. The lowest BCUT2D eigenvalue weighted by atomic mass is 10.7. The van der Waals surface area contributed by atoms with Crippen LogP contribution in [0.4, 0.5) is 0 Å². The van der Waals surface area contributed by atoms with Crippen LogP contribution in [0.2, 0.25) is 0 Å². The van der Waals surface area contributed by atoms with E-state index >= 15 is 0 Å². The van der Waals surface area contributed by atoms with E-state index in [1.54, 1.807) is 0 Å². The predicted octanol–water partition coefficient (Wildman–Crippen LogP) is -1.85.